The van der Waals surface area contributed by atoms with Crippen molar-refractivity contribution in [2.45, 2.75) is 68.9 Å². The van der Waals surface area contributed by atoms with Gasteiger partial charge in [-0.2, -0.15) is 23.5 Å². The SMILES string of the molecule is CC(C)(C(=O)Nc1ccc(C#N)c(C(F)(F)F)c1)n1cc(C2CCN(C3CN(C4CN(c5ccc6c(c5)C(=O)N(C5CC(=O)NC5=O)C6=O)C4)C3)CC2)cn1. The molecule has 0 aliphatic carbocycles. The van der Waals surface area contributed by atoms with Crippen molar-refractivity contribution in [3.8, 4) is 6.07 Å². The number of hydrogen-bond acceptors (Lipinski definition) is 10. The zero-order chi connectivity index (χ0) is 39.0. The molecule has 4 saturated heterocycles. The van der Waals surface area contributed by atoms with E-state index in [1.54, 1.807) is 36.9 Å². The van der Waals surface area contributed by atoms with Crippen LogP contribution in [0.2, 0.25) is 0 Å². The average Bonchev–Trinajstić information content (AvgIpc) is 3.80. The smallest absolute Gasteiger partial charge is 0.368 e. The Morgan fingerprint density at radius 1 is 0.927 bits per heavy atom. The van der Waals surface area contributed by atoms with E-state index in [4.69, 9.17) is 5.26 Å². The van der Waals surface area contributed by atoms with Gasteiger partial charge in [0, 0.05) is 55.8 Å². The minimum absolute atomic E-state index is 0.0606. The molecule has 55 heavy (non-hydrogen) atoms. The average molecular weight is 758 g/mol. The quantitative estimate of drug-likeness (QED) is 0.327. The molecule has 0 bridgehead atoms. The Morgan fingerprint density at radius 3 is 2.27 bits per heavy atom. The van der Waals surface area contributed by atoms with Gasteiger partial charge in [-0.3, -0.25) is 48.7 Å². The highest BCUT2D eigenvalue weighted by molar-refractivity contribution is 6.24. The Bertz CT molecular complexity index is 2160. The van der Waals surface area contributed by atoms with E-state index in [0.717, 1.165) is 80.4 Å². The van der Waals surface area contributed by atoms with E-state index >= 15 is 0 Å². The van der Waals surface area contributed by atoms with Crippen molar-refractivity contribution in [1.82, 2.24) is 29.8 Å². The van der Waals surface area contributed by atoms with Crippen molar-refractivity contribution < 1.29 is 37.1 Å². The number of fused-ring (bicyclic) bond motifs is 1. The molecule has 17 heteroatoms. The van der Waals surface area contributed by atoms with Crippen molar-refractivity contribution in [3.05, 3.63) is 76.6 Å². The third-order valence-electron chi connectivity index (χ3n) is 11.7. The van der Waals surface area contributed by atoms with E-state index in [-0.39, 0.29) is 29.2 Å². The second-order valence-corrected chi connectivity index (χ2v) is 15.4. The molecule has 5 aliphatic heterocycles. The molecule has 1 unspecified atom stereocenters. The summed E-state index contributed by atoms with van der Waals surface area (Å²) in [6.45, 7) is 8.64. The summed E-state index contributed by atoms with van der Waals surface area (Å²) in [6, 6.07) is 9.48. The van der Waals surface area contributed by atoms with Gasteiger partial charge in [0.25, 0.3) is 17.7 Å². The number of carbonyl (C=O) groups excluding carboxylic acids is 5. The highest BCUT2D eigenvalue weighted by Gasteiger charge is 2.48. The van der Waals surface area contributed by atoms with Gasteiger partial charge in [-0.15, -0.1) is 0 Å². The number of likely N-dealkylation sites (tertiary alicyclic amines) is 2. The molecule has 0 spiro atoms. The normalized spacial score (nSPS) is 21.7. The van der Waals surface area contributed by atoms with E-state index in [9.17, 15) is 37.1 Å². The van der Waals surface area contributed by atoms with Gasteiger partial charge >= 0.3 is 6.18 Å². The fraction of sp³-hybridized carbons (Fsp3) is 0.447. The second kappa shape index (κ2) is 13.3. The van der Waals surface area contributed by atoms with Crippen LogP contribution in [0.5, 0.6) is 0 Å². The maximum absolute atomic E-state index is 13.4. The Labute approximate surface area is 313 Å². The molecule has 1 atom stereocenters. The zero-order valence-corrected chi connectivity index (χ0v) is 30.1. The number of aromatic nitrogens is 2. The van der Waals surface area contributed by atoms with Crippen LogP contribution in [-0.4, -0.2) is 111 Å². The van der Waals surface area contributed by atoms with Gasteiger partial charge in [0.1, 0.15) is 11.6 Å². The van der Waals surface area contributed by atoms with E-state index in [1.165, 1.54) is 12.1 Å². The molecule has 4 fully saturated rings. The van der Waals surface area contributed by atoms with E-state index in [1.807, 2.05) is 12.3 Å². The fourth-order valence-electron chi connectivity index (χ4n) is 8.18. The summed E-state index contributed by atoms with van der Waals surface area (Å²) in [5, 5.41) is 18.2. The number of hydrogen-bond donors (Lipinski definition) is 2. The largest absolute Gasteiger partial charge is 0.417 e. The van der Waals surface area contributed by atoms with Crippen LogP contribution in [0.4, 0.5) is 24.5 Å². The van der Waals surface area contributed by atoms with Crippen LogP contribution in [0.3, 0.4) is 0 Å². The third kappa shape index (κ3) is 6.42. The molecule has 3 aromatic rings. The first kappa shape index (κ1) is 36.4. The maximum atomic E-state index is 13.4. The molecule has 2 aromatic carbocycles. The van der Waals surface area contributed by atoms with Crippen LogP contribution in [0, 0.1) is 11.3 Å². The lowest BCUT2D eigenvalue weighted by molar-refractivity contribution is -0.138. The number of carbonyl (C=O) groups is 5. The maximum Gasteiger partial charge on any atom is 0.417 e. The fourth-order valence-corrected chi connectivity index (χ4v) is 8.18. The summed E-state index contributed by atoms with van der Waals surface area (Å²) in [7, 11) is 0. The van der Waals surface area contributed by atoms with Crippen LogP contribution in [-0.2, 0) is 26.1 Å². The summed E-state index contributed by atoms with van der Waals surface area (Å²) in [5.74, 6) is -2.55. The molecule has 6 heterocycles. The first-order valence-electron chi connectivity index (χ1n) is 18.2. The highest BCUT2D eigenvalue weighted by Crippen LogP contribution is 2.37. The van der Waals surface area contributed by atoms with E-state index < -0.39 is 58.4 Å². The Hall–Kier alpha value is -5.60. The number of rotatable bonds is 8. The van der Waals surface area contributed by atoms with Crippen molar-refractivity contribution in [2.75, 3.05) is 49.5 Å². The lowest BCUT2D eigenvalue weighted by atomic mass is 9.89. The predicted molar refractivity (Wildman–Crippen MR) is 190 cm³/mol. The second-order valence-electron chi connectivity index (χ2n) is 15.4. The number of amides is 5. The number of piperidine rings is 1. The van der Waals surface area contributed by atoms with Gasteiger partial charge in [0.2, 0.25) is 11.8 Å². The molecule has 0 radical (unpaired) electrons. The van der Waals surface area contributed by atoms with Gasteiger partial charge in [-0.25, -0.2) is 0 Å². The molecule has 286 valence electrons. The van der Waals surface area contributed by atoms with E-state index in [2.05, 4.69) is 30.4 Å². The molecular formula is C38H38F3N9O5. The first-order chi connectivity index (χ1) is 26.1. The summed E-state index contributed by atoms with van der Waals surface area (Å²) in [6.07, 6.45) is 0.491. The minimum atomic E-state index is -4.74. The van der Waals surface area contributed by atoms with Crippen molar-refractivity contribution in [2.24, 2.45) is 0 Å². The molecule has 1 aromatic heterocycles. The summed E-state index contributed by atoms with van der Waals surface area (Å²) in [5.41, 5.74) is -0.562. The number of nitrogens with zero attached hydrogens (tertiary/aromatic N) is 7. The predicted octanol–water partition coefficient (Wildman–Crippen LogP) is 2.91. The lowest BCUT2D eigenvalue weighted by Gasteiger charge is -2.55. The van der Waals surface area contributed by atoms with Gasteiger partial charge in [-0.1, -0.05) is 0 Å². The standard InChI is InChI=1S/C38H38F3N9O5/c1-37(2,36(55)44-24-4-3-22(14-42)30(11-24)38(39,40)41)49-16-23(15-43-49)21-7-9-46(10-8-21)26-17-48(18-26)27-19-47(20-27)25-5-6-28-29(12-25)35(54)50(34(28)53)31-13-32(51)45-33(31)52/h3-6,11-12,15-16,21,26-27,31H,7-10,13,17-20H2,1-2H3,(H,44,55)(H,45,51,52). The van der Waals surface area contributed by atoms with Gasteiger partial charge in [0.05, 0.1) is 40.9 Å². The van der Waals surface area contributed by atoms with Crippen LogP contribution in [0.15, 0.2) is 48.8 Å². The number of anilines is 2. The number of halogens is 3. The van der Waals surface area contributed by atoms with Crippen molar-refractivity contribution in [1.29, 1.82) is 5.26 Å². The Balaban J connectivity index is 0.800. The number of nitrogens with one attached hydrogen (secondary N) is 2. The minimum Gasteiger partial charge on any atom is -0.368 e. The summed E-state index contributed by atoms with van der Waals surface area (Å²) < 4.78 is 41.9. The topological polar surface area (TPSA) is 164 Å². The monoisotopic (exact) mass is 757 g/mol. The van der Waals surface area contributed by atoms with Crippen LogP contribution >= 0.6 is 0 Å². The number of nitriles is 1. The van der Waals surface area contributed by atoms with Crippen molar-refractivity contribution >= 4 is 40.9 Å². The molecule has 14 nitrogen and oxygen atoms in total. The Kier molecular flexibility index (Phi) is 8.80. The van der Waals surface area contributed by atoms with Gasteiger partial charge < -0.3 is 10.2 Å². The number of alkyl halides is 3. The van der Waals surface area contributed by atoms with Gasteiger partial charge in [-0.05, 0) is 87.7 Å². The lowest BCUT2D eigenvalue weighted by Crippen LogP contribution is -2.70. The van der Waals surface area contributed by atoms with E-state index in [0.29, 0.717) is 12.1 Å². The molecule has 5 aliphatic rings. The Morgan fingerprint density at radius 2 is 1.62 bits per heavy atom. The van der Waals surface area contributed by atoms with Crippen LogP contribution < -0.4 is 15.5 Å². The van der Waals surface area contributed by atoms with Crippen LogP contribution in [0.25, 0.3) is 0 Å². The first-order valence-corrected chi connectivity index (χ1v) is 18.2. The summed E-state index contributed by atoms with van der Waals surface area (Å²) in [4.78, 5) is 71.2. The number of benzene rings is 2. The molecular weight excluding hydrogens is 719 g/mol. The molecule has 2 N–H and O–H groups in total. The molecule has 5 amide bonds. The summed E-state index contributed by atoms with van der Waals surface area (Å²) >= 11 is 0. The molecule has 8 rings (SSSR count). The van der Waals surface area contributed by atoms with Gasteiger partial charge in [0.15, 0.2) is 0 Å². The zero-order valence-electron chi connectivity index (χ0n) is 30.1. The van der Waals surface area contributed by atoms with Crippen LogP contribution in [0.1, 0.15) is 76.4 Å². The highest BCUT2D eigenvalue weighted by atomic mass is 19.4. The third-order valence-corrected chi connectivity index (χ3v) is 11.7. The van der Waals surface area contributed by atoms with Crippen molar-refractivity contribution in [3.63, 3.8) is 0 Å². The molecule has 0 saturated carbocycles. The number of imide groups is 2.